The molecule has 0 aliphatic carbocycles. The highest BCUT2D eigenvalue weighted by Gasteiger charge is 2.16. The van der Waals surface area contributed by atoms with E-state index in [0.29, 0.717) is 12.1 Å². The Bertz CT molecular complexity index is 595. The molecule has 2 aliphatic heterocycles. The number of rotatable bonds is 2. The molecule has 0 bridgehead atoms. The Morgan fingerprint density at radius 2 is 1.21 bits per heavy atom. The van der Waals surface area contributed by atoms with Gasteiger partial charge >= 0.3 is 0 Å². The summed E-state index contributed by atoms with van der Waals surface area (Å²) >= 11 is 6.84. The number of nitrogens with one attached hydrogen (secondary N) is 2. The van der Waals surface area contributed by atoms with Crippen LogP contribution in [0.1, 0.15) is 48.9 Å². The first-order valence-electron chi connectivity index (χ1n) is 8.40. The summed E-state index contributed by atoms with van der Waals surface area (Å²) in [6.07, 6.45) is 12.5. The van der Waals surface area contributed by atoms with Crippen molar-refractivity contribution in [2.75, 3.05) is 13.1 Å². The van der Waals surface area contributed by atoms with Gasteiger partial charge in [0.05, 0.1) is 0 Å². The summed E-state index contributed by atoms with van der Waals surface area (Å²) < 4.78 is 2.13. The van der Waals surface area contributed by atoms with E-state index in [-0.39, 0.29) is 0 Å². The molecule has 2 fully saturated rings. The Hall–Kier alpha value is -0.820. The van der Waals surface area contributed by atoms with Crippen LogP contribution in [0.3, 0.4) is 0 Å². The molecule has 4 rings (SSSR count). The second kappa shape index (κ2) is 9.04. The lowest BCUT2D eigenvalue weighted by Gasteiger charge is -2.09. The predicted molar refractivity (Wildman–Crippen MR) is 104 cm³/mol. The van der Waals surface area contributed by atoms with Gasteiger partial charge in [-0.3, -0.25) is 9.97 Å². The Morgan fingerprint density at radius 3 is 1.54 bits per heavy atom. The topological polar surface area (TPSA) is 49.8 Å². The summed E-state index contributed by atoms with van der Waals surface area (Å²) in [6, 6.07) is 5.32. The standard InChI is InChI=1S/2C9H11BrN2/c2*10-8-4-7(5-11-6-8)9-2-1-3-12-9/h2*4-6,9,12H,1-3H2/t2*9-/m10/s1. The molecule has 4 heterocycles. The van der Waals surface area contributed by atoms with Crippen LogP contribution in [0.15, 0.2) is 45.9 Å². The Morgan fingerprint density at radius 1 is 0.750 bits per heavy atom. The lowest BCUT2D eigenvalue weighted by atomic mass is 10.1. The van der Waals surface area contributed by atoms with E-state index < -0.39 is 0 Å². The summed E-state index contributed by atoms with van der Waals surface area (Å²) in [5, 5.41) is 6.88. The van der Waals surface area contributed by atoms with E-state index in [0.717, 1.165) is 22.0 Å². The normalized spacial score (nSPS) is 22.9. The molecule has 0 saturated carbocycles. The molecule has 24 heavy (non-hydrogen) atoms. The van der Waals surface area contributed by atoms with Crippen LogP contribution in [-0.2, 0) is 0 Å². The lowest BCUT2D eigenvalue weighted by Crippen LogP contribution is -2.12. The molecule has 2 atom stereocenters. The zero-order valence-corrected chi connectivity index (χ0v) is 16.7. The number of aromatic nitrogens is 2. The van der Waals surface area contributed by atoms with Crippen LogP contribution in [0, 0.1) is 0 Å². The zero-order chi connectivity index (χ0) is 16.8. The van der Waals surface area contributed by atoms with E-state index in [1.807, 2.05) is 24.8 Å². The lowest BCUT2D eigenvalue weighted by molar-refractivity contribution is 0.644. The molecule has 2 aliphatic rings. The van der Waals surface area contributed by atoms with Crippen molar-refractivity contribution >= 4 is 31.9 Å². The first-order chi connectivity index (χ1) is 11.7. The van der Waals surface area contributed by atoms with Crippen molar-refractivity contribution in [3.63, 3.8) is 0 Å². The van der Waals surface area contributed by atoms with Gasteiger partial charge < -0.3 is 10.6 Å². The van der Waals surface area contributed by atoms with E-state index >= 15 is 0 Å². The van der Waals surface area contributed by atoms with Crippen molar-refractivity contribution < 1.29 is 0 Å². The first-order valence-corrected chi connectivity index (χ1v) is 9.98. The van der Waals surface area contributed by atoms with Gasteiger partial charge in [0.2, 0.25) is 0 Å². The average Bonchev–Trinajstić information content (AvgIpc) is 3.29. The van der Waals surface area contributed by atoms with E-state index in [1.165, 1.54) is 36.8 Å². The van der Waals surface area contributed by atoms with E-state index in [4.69, 9.17) is 0 Å². The van der Waals surface area contributed by atoms with Crippen LogP contribution in [-0.4, -0.2) is 23.1 Å². The number of nitrogens with zero attached hydrogens (tertiary/aromatic N) is 2. The van der Waals surface area contributed by atoms with E-state index in [1.54, 1.807) is 0 Å². The van der Waals surface area contributed by atoms with Crippen molar-refractivity contribution in [3.8, 4) is 0 Å². The number of hydrogen-bond donors (Lipinski definition) is 2. The summed E-state index contributed by atoms with van der Waals surface area (Å²) in [7, 11) is 0. The molecule has 6 heteroatoms. The molecule has 0 unspecified atom stereocenters. The molecule has 0 spiro atoms. The van der Waals surface area contributed by atoms with Crippen LogP contribution < -0.4 is 10.6 Å². The van der Waals surface area contributed by atoms with Crippen molar-refractivity contribution in [1.29, 1.82) is 0 Å². The van der Waals surface area contributed by atoms with Gasteiger partial charge in [-0.15, -0.1) is 0 Å². The van der Waals surface area contributed by atoms with Crippen molar-refractivity contribution in [1.82, 2.24) is 20.6 Å². The van der Waals surface area contributed by atoms with Gasteiger partial charge in [-0.1, -0.05) is 0 Å². The van der Waals surface area contributed by atoms with Gasteiger partial charge in [0, 0.05) is 45.8 Å². The molecule has 2 saturated heterocycles. The minimum absolute atomic E-state index is 0.523. The van der Waals surface area contributed by atoms with E-state index in [9.17, 15) is 0 Å². The fourth-order valence-electron chi connectivity index (χ4n) is 3.18. The monoisotopic (exact) mass is 452 g/mol. The maximum atomic E-state index is 4.14. The maximum Gasteiger partial charge on any atom is 0.0410 e. The van der Waals surface area contributed by atoms with Gasteiger partial charge in [-0.25, -0.2) is 0 Å². The summed E-state index contributed by atoms with van der Waals surface area (Å²) in [4.78, 5) is 8.28. The van der Waals surface area contributed by atoms with Crippen LogP contribution in [0.4, 0.5) is 0 Å². The molecular formula is C18H22Br2N4. The number of pyridine rings is 2. The largest absolute Gasteiger partial charge is 0.310 e. The fraction of sp³-hybridized carbons (Fsp3) is 0.444. The Labute approximate surface area is 160 Å². The van der Waals surface area contributed by atoms with Gasteiger partial charge in [0.15, 0.2) is 0 Å². The first kappa shape index (κ1) is 18.0. The molecule has 2 aromatic heterocycles. The smallest absolute Gasteiger partial charge is 0.0410 e. The third-order valence-corrected chi connectivity index (χ3v) is 5.24. The van der Waals surface area contributed by atoms with Gasteiger partial charge in [0.25, 0.3) is 0 Å². The molecule has 128 valence electrons. The van der Waals surface area contributed by atoms with Crippen LogP contribution in [0.5, 0.6) is 0 Å². The van der Waals surface area contributed by atoms with Gasteiger partial charge in [-0.05, 0) is 93.9 Å². The van der Waals surface area contributed by atoms with Crippen molar-refractivity contribution in [2.45, 2.75) is 37.8 Å². The van der Waals surface area contributed by atoms with E-state index in [2.05, 4.69) is 64.6 Å². The summed E-state index contributed by atoms with van der Waals surface area (Å²) in [5.74, 6) is 0. The summed E-state index contributed by atoms with van der Waals surface area (Å²) in [6.45, 7) is 2.27. The minimum Gasteiger partial charge on any atom is -0.310 e. The molecule has 4 nitrogen and oxygen atoms in total. The molecule has 2 aromatic rings. The molecular weight excluding hydrogens is 432 g/mol. The Kier molecular flexibility index (Phi) is 6.77. The average molecular weight is 454 g/mol. The highest BCUT2D eigenvalue weighted by molar-refractivity contribution is 9.10. The van der Waals surface area contributed by atoms with Crippen molar-refractivity contribution in [2.24, 2.45) is 0 Å². The number of hydrogen-bond acceptors (Lipinski definition) is 4. The Balaban J connectivity index is 0.000000141. The van der Waals surface area contributed by atoms with Gasteiger partial charge in [0.1, 0.15) is 0 Å². The van der Waals surface area contributed by atoms with Crippen molar-refractivity contribution in [3.05, 3.63) is 57.0 Å². The number of halogens is 2. The molecule has 0 aromatic carbocycles. The molecule has 2 N–H and O–H groups in total. The predicted octanol–water partition coefficient (Wildman–Crippen LogP) is 4.54. The highest BCUT2D eigenvalue weighted by Crippen LogP contribution is 2.24. The second-order valence-electron chi connectivity index (χ2n) is 6.17. The third kappa shape index (κ3) is 5.09. The van der Waals surface area contributed by atoms with Crippen LogP contribution in [0.25, 0.3) is 0 Å². The second-order valence-corrected chi connectivity index (χ2v) is 8.00. The highest BCUT2D eigenvalue weighted by atomic mass is 79.9. The molecule has 0 amide bonds. The quantitative estimate of drug-likeness (QED) is 0.700. The zero-order valence-electron chi connectivity index (χ0n) is 13.5. The molecule has 0 radical (unpaired) electrons. The van der Waals surface area contributed by atoms with Crippen LogP contribution >= 0.6 is 31.9 Å². The van der Waals surface area contributed by atoms with Gasteiger partial charge in [-0.2, -0.15) is 0 Å². The minimum atomic E-state index is 0.523. The fourth-order valence-corrected chi connectivity index (χ4v) is 3.94. The maximum absolute atomic E-state index is 4.14. The van der Waals surface area contributed by atoms with Crippen LogP contribution in [0.2, 0.25) is 0 Å². The summed E-state index contributed by atoms with van der Waals surface area (Å²) in [5.41, 5.74) is 2.59. The third-order valence-electron chi connectivity index (χ3n) is 4.38. The SMILES string of the molecule is Brc1cncc([C@@H]2CCCN2)c1.Brc1cncc([C@H]2CCCN2)c1.